The number of ether oxygens (including phenoxy) is 2. The fourth-order valence-corrected chi connectivity index (χ4v) is 2.93. The smallest absolute Gasteiger partial charge is 0.258 e. The van der Waals surface area contributed by atoms with Gasteiger partial charge >= 0.3 is 0 Å². The van der Waals surface area contributed by atoms with Gasteiger partial charge in [0.15, 0.2) is 12.4 Å². The summed E-state index contributed by atoms with van der Waals surface area (Å²) in [5.41, 5.74) is 3.56. The normalized spacial score (nSPS) is 10.5. The van der Waals surface area contributed by atoms with Crippen molar-refractivity contribution >= 4 is 5.91 Å². The number of aromatic nitrogens is 1. The van der Waals surface area contributed by atoms with E-state index in [0.717, 1.165) is 16.7 Å². The van der Waals surface area contributed by atoms with Crippen molar-refractivity contribution in [2.24, 2.45) is 7.05 Å². The van der Waals surface area contributed by atoms with Crippen molar-refractivity contribution in [3.8, 4) is 11.5 Å². The Morgan fingerprint density at radius 3 is 2.53 bits per heavy atom. The van der Waals surface area contributed by atoms with Crippen LogP contribution in [0.25, 0.3) is 0 Å². The predicted octanol–water partition coefficient (Wildman–Crippen LogP) is 3.28. The molecule has 1 amide bonds. The minimum atomic E-state index is -0.257. The average molecular weight is 406 g/mol. The van der Waals surface area contributed by atoms with Gasteiger partial charge in [-0.2, -0.15) is 0 Å². The number of aryl methyl sites for hydroxylation is 2. The minimum Gasteiger partial charge on any atom is -0.483 e. The Balaban J connectivity index is 1.55. The molecule has 30 heavy (non-hydrogen) atoms. The fourth-order valence-electron chi connectivity index (χ4n) is 2.93. The lowest BCUT2D eigenvalue weighted by atomic mass is 10.1. The zero-order chi connectivity index (χ0) is 21.5. The highest BCUT2D eigenvalue weighted by Gasteiger charge is 2.09. The zero-order valence-corrected chi connectivity index (χ0v) is 17.5. The molecule has 3 aromatic rings. The van der Waals surface area contributed by atoms with E-state index in [0.29, 0.717) is 18.1 Å². The van der Waals surface area contributed by atoms with Crippen LogP contribution in [0.2, 0.25) is 0 Å². The van der Waals surface area contributed by atoms with Crippen LogP contribution in [0.15, 0.2) is 65.6 Å². The van der Waals surface area contributed by atoms with Crippen LogP contribution in [0.5, 0.6) is 11.5 Å². The van der Waals surface area contributed by atoms with Gasteiger partial charge in [-0.25, -0.2) is 0 Å². The SMILES string of the molecule is Cc1cccc(OCC(=O)NCc2cc(=O)c(OCc3ccccc3)cn2C)c1C. The highest BCUT2D eigenvalue weighted by molar-refractivity contribution is 5.77. The quantitative estimate of drug-likeness (QED) is 0.623. The Morgan fingerprint density at radius 1 is 1.00 bits per heavy atom. The van der Waals surface area contributed by atoms with Gasteiger partial charge in [-0.15, -0.1) is 0 Å². The molecule has 1 N–H and O–H groups in total. The maximum atomic E-state index is 12.4. The van der Waals surface area contributed by atoms with E-state index in [9.17, 15) is 9.59 Å². The van der Waals surface area contributed by atoms with Gasteiger partial charge in [0.1, 0.15) is 12.4 Å². The van der Waals surface area contributed by atoms with E-state index < -0.39 is 0 Å². The molecular weight excluding hydrogens is 380 g/mol. The summed E-state index contributed by atoms with van der Waals surface area (Å²) >= 11 is 0. The number of hydrogen-bond acceptors (Lipinski definition) is 4. The van der Waals surface area contributed by atoms with Gasteiger partial charge < -0.3 is 19.4 Å². The van der Waals surface area contributed by atoms with Gasteiger partial charge in [0.2, 0.25) is 5.43 Å². The molecule has 0 atom stereocenters. The van der Waals surface area contributed by atoms with Crippen molar-refractivity contribution in [1.82, 2.24) is 9.88 Å². The Kier molecular flexibility index (Phi) is 6.91. The number of amides is 1. The molecular formula is C24H26N2O4. The number of nitrogens with one attached hydrogen (secondary N) is 1. The Labute approximate surface area is 176 Å². The summed E-state index contributed by atoms with van der Waals surface area (Å²) in [6.45, 7) is 4.41. The molecule has 1 heterocycles. The second-order valence-corrected chi connectivity index (χ2v) is 7.14. The molecule has 0 saturated heterocycles. The standard InChI is InChI=1S/C24H26N2O4/c1-17-8-7-11-22(18(17)2)30-16-24(28)25-13-20-12-21(27)23(14-26(20)3)29-15-19-9-5-4-6-10-19/h4-12,14H,13,15-16H2,1-3H3,(H,25,28). The average Bonchev–Trinajstić information content (AvgIpc) is 2.74. The summed E-state index contributed by atoms with van der Waals surface area (Å²) in [6.07, 6.45) is 1.64. The molecule has 0 fully saturated rings. The van der Waals surface area contributed by atoms with Crippen molar-refractivity contribution in [1.29, 1.82) is 0 Å². The van der Waals surface area contributed by atoms with Crippen LogP contribution in [-0.4, -0.2) is 17.1 Å². The van der Waals surface area contributed by atoms with Gasteiger partial charge in [-0.05, 0) is 36.6 Å². The summed E-state index contributed by atoms with van der Waals surface area (Å²) in [5.74, 6) is 0.708. The molecule has 0 aliphatic rings. The molecule has 0 spiro atoms. The van der Waals surface area contributed by atoms with Crippen molar-refractivity contribution in [3.05, 3.63) is 93.4 Å². The van der Waals surface area contributed by atoms with Crippen molar-refractivity contribution in [2.75, 3.05) is 6.61 Å². The molecule has 156 valence electrons. The number of rotatable bonds is 8. The minimum absolute atomic E-state index is 0.0868. The highest BCUT2D eigenvalue weighted by atomic mass is 16.5. The Morgan fingerprint density at radius 2 is 1.77 bits per heavy atom. The predicted molar refractivity (Wildman–Crippen MR) is 116 cm³/mol. The van der Waals surface area contributed by atoms with Crippen molar-refractivity contribution < 1.29 is 14.3 Å². The third-order valence-corrected chi connectivity index (χ3v) is 4.92. The Bertz CT molecular complexity index is 1070. The first kappa shape index (κ1) is 21.2. The van der Waals surface area contributed by atoms with Crippen LogP contribution >= 0.6 is 0 Å². The van der Waals surface area contributed by atoms with Crippen LogP contribution in [0.3, 0.4) is 0 Å². The highest BCUT2D eigenvalue weighted by Crippen LogP contribution is 2.20. The number of benzene rings is 2. The second kappa shape index (κ2) is 9.78. The number of nitrogens with zero attached hydrogens (tertiary/aromatic N) is 1. The number of carbonyl (C=O) groups is 1. The molecule has 3 rings (SSSR count). The van der Waals surface area contributed by atoms with Gasteiger partial charge in [-0.1, -0.05) is 42.5 Å². The molecule has 2 aromatic carbocycles. The Hall–Kier alpha value is -3.54. The zero-order valence-electron chi connectivity index (χ0n) is 17.5. The number of pyridine rings is 1. The monoisotopic (exact) mass is 406 g/mol. The second-order valence-electron chi connectivity index (χ2n) is 7.14. The lowest BCUT2D eigenvalue weighted by Gasteiger charge is -2.14. The van der Waals surface area contributed by atoms with Gasteiger partial charge in [0, 0.05) is 18.8 Å². The molecule has 0 aliphatic heterocycles. The maximum absolute atomic E-state index is 12.4. The molecule has 0 saturated carbocycles. The topological polar surface area (TPSA) is 69.6 Å². The van der Waals surface area contributed by atoms with E-state index in [1.807, 2.05) is 69.4 Å². The van der Waals surface area contributed by atoms with Gasteiger partial charge in [-0.3, -0.25) is 9.59 Å². The van der Waals surface area contributed by atoms with Gasteiger partial charge in [0.05, 0.1) is 12.7 Å². The van der Waals surface area contributed by atoms with Crippen LogP contribution < -0.4 is 20.2 Å². The summed E-state index contributed by atoms with van der Waals surface area (Å²) in [7, 11) is 1.81. The summed E-state index contributed by atoms with van der Waals surface area (Å²) in [4.78, 5) is 24.5. The first-order chi connectivity index (χ1) is 14.4. The van der Waals surface area contributed by atoms with Gasteiger partial charge in [0.25, 0.3) is 5.91 Å². The summed E-state index contributed by atoms with van der Waals surface area (Å²) in [5, 5.41) is 2.78. The van der Waals surface area contributed by atoms with Crippen LogP contribution in [-0.2, 0) is 25.0 Å². The molecule has 0 aliphatic carbocycles. The first-order valence-corrected chi connectivity index (χ1v) is 9.76. The molecule has 0 bridgehead atoms. The van der Waals surface area contributed by atoms with E-state index in [1.165, 1.54) is 6.07 Å². The molecule has 6 heteroatoms. The maximum Gasteiger partial charge on any atom is 0.258 e. The molecule has 6 nitrogen and oxygen atoms in total. The van der Waals surface area contributed by atoms with Crippen LogP contribution in [0, 0.1) is 13.8 Å². The van der Waals surface area contributed by atoms with E-state index >= 15 is 0 Å². The van der Waals surface area contributed by atoms with E-state index in [2.05, 4.69) is 5.32 Å². The van der Waals surface area contributed by atoms with Crippen LogP contribution in [0.4, 0.5) is 0 Å². The number of hydrogen-bond donors (Lipinski definition) is 1. The summed E-state index contributed by atoms with van der Waals surface area (Å²) in [6, 6.07) is 16.9. The van der Waals surface area contributed by atoms with Crippen molar-refractivity contribution in [3.63, 3.8) is 0 Å². The first-order valence-electron chi connectivity index (χ1n) is 9.76. The van der Waals surface area contributed by atoms with Crippen molar-refractivity contribution in [2.45, 2.75) is 27.0 Å². The molecule has 0 radical (unpaired) electrons. The fraction of sp³-hybridized carbons (Fsp3) is 0.250. The lowest BCUT2D eigenvalue weighted by Crippen LogP contribution is -2.30. The third-order valence-electron chi connectivity index (χ3n) is 4.92. The molecule has 0 unspecified atom stereocenters. The van der Waals surface area contributed by atoms with E-state index in [4.69, 9.17) is 9.47 Å². The lowest BCUT2D eigenvalue weighted by molar-refractivity contribution is -0.123. The third kappa shape index (κ3) is 5.50. The number of carbonyl (C=O) groups excluding carboxylic acids is 1. The largest absolute Gasteiger partial charge is 0.483 e. The van der Waals surface area contributed by atoms with E-state index in [1.54, 1.807) is 10.8 Å². The summed E-state index contributed by atoms with van der Waals surface area (Å²) < 4.78 is 13.0. The van der Waals surface area contributed by atoms with E-state index in [-0.39, 0.29) is 30.2 Å². The molecule has 1 aromatic heterocycles. The van der Waals surface area contributed by atoms with Crippen LogP contribution in [0.1, 0.15) is 22.4 Å².